The number of ether oxygens (including phenoxy) is 1. The van der Waals surface area contributed by atoms with E-state index in [2.05, 4.69) is 4.98 Å². The second-order valence-corrected chi connectivity index (χ2v) is 4.86. The number of halogens is 1. The number of methoxy groups -OCH3 is 1. The highest BCUT2D eigenvalue weighted by molar-refractivity contribution is 7.15. The molecular weight excluding hydrogens is 244 g/mol. The van der Waals surface area contributed by atoms with Crippen molar-refractivity contribution in [2.75, 3.05) is 12.8 Å². The number of rotatable bonds is 3. The lowest BCUT2D eigenvalue weighted by Gasteiger charge is -2.05. The first-order valence-electron chi connectivity index (χ1n) is 4.71. The van der Waals surface area contributed by atoms with E-state index >= 15 is 0 Å². The van der Waals surface area contributed by atoms with Gasteiger partial charge in [-0.25, -0.2) is 4.98 Å². The number of nitrogens with two attached hydrogens (primary N) is 1. The van der Waals surface area contributed by atoms with Crippen molar-refractivity contribution in [2.24, 2.45) is 0 Å². The summed E-state index contributed by atoms with van der Waals surface area (Å²) in [5.41, 5.74) is 6.70. The smallest absolute Gasteiger partial charge is 0.180 e. The third-order valence-corrected chi connectivity index (χ3v) is 3.30. The molecule has 16 heavy (non-hydrogen) atoms. The van der Waals surface area contributed by atoms with Crippen molar-refractivity contribution in [2.45, 2.75) is 6.42 Å². The molecule has 84 valence electrons. The molecule has 0 unspecified atom stereocenters. The number of nitrogens with zero attached hydrogens (tertiary/aromatic N) is 1. The van der Waals surface area contributed by atoms with Gasteiger partial charge in [-0.2, -0.15) is 0 Å². The normalized spacial score (nSPS) is 10.4. The fraction of sp³-hybridized carbons (Fsp3) is 0.182. The summed E-state index contributed by atoms with van der Waals surface area (Å²) in [6.07, 6.45) is 2.59. The maximum absolute atomic E-state index is 5.95. The lowest BCUT2D eigenvalue weighted by molar-refractivity contribution is 0.414. The van der Waals surface area contributed by atoms with Gasteiger partial charge in [-0.1, -0.05) is 17.7 Å². The largest absolute Gasteiger partial charge is 0.495 e. The van der Waals surface area contributed by atoms with Crippen LogP contribution in [0.25, 0.3) is 0 Å². The van der Waals surface area contributed by atoms with Crippen molar-refractivity contribution in [1.82, 2.24) is 4.98 Å². The Morgan fingerprint density at radius 1 is 1.50 bits per heavy atom. The molecule has 0 saturated carbocycles. The Hall–Kier alpha value is -1.26. The third-order valence-electron chi connectivity index (χ3n) is 2.17. The molecule has 0 saturated heterocycles. The van der Waals surface area contributed by atoms with Crippen LogP contribution in [0.5, 0.6) is 5.75 Å². The van der Waals surface area contributed by atoms with Crippen molar-refractivity contribution in [3.05, 3.63) is 39.9 Å². The van der Waals surface area contributed by atoms with E-state index < -0.39 is 0 Å². The topological polar surface area (TPSA) is 48.1 Å². The van der Waals surface area contributed by atoms with Crippen LogP contribution in [0.2, 0.25) is 5.02 Å². The summed E-state index contributed by atoms with van der Waals surface area (Å²) < 4.78 is 5.16. The highest BCUT2D eigenvalue weighted by Crippen LogP contribution is 2.27. The predicted octanol–water partition coefficient (Wildman–Crippen LogP) is 2.98. The number of hydrogen-bond acceptors (Lipinski definition) is 4. The van der Waals surface area contributed by atoms with Crippen molar-refractivity contribution < 1.29 is 4.74 Å². The number of aromatic nitrogens is 1. The number of hydrogen-bond donors (Lipinski definition) is 1. The number of thiazole rings is 1. The predicted molar refractivity (Wildman–Crippen MR) is 67.3 cm³/mol. The Bertz CT molecular complexity index is 498. The first kappa shape index (κ1) is 11.2. The molecule has 0 bridgehead atoms. The molecule has 1 heterocycles. The monoisotopic (exact) mass is 254 g/mol. The van der Waals surface area contributed by atoms with E-state index in [1.807, 2.05) is 18.2 Å². The highest BCUT2D eigenvalue weighted by Gasteiger charge is 2.04. The molecular formula is C11H11ClN2OS. The van der Waals surface area contributed by atoms with Crippen molar-refractivity contribution >= 4 is 28.1 Å². The van der Waals surface area contributed by atoms with Crippen LogP contribution in [0, 0.1) is 0 Å². The van der Waals surface area contributed by atoms with Gasteiger partial charge >= 0.3 is 0 Å². The van der Waals surface area contributed by atoms with Crippen LogP contribution in [-0.4, -0.2) is 12.1 Å². The van der Waals surface area contributed by atoms with Gasteiger partial charge in [0.2, 0.25) is 0 Å². The van der Waals surface area contributed by atoms with Crippen molar-refractivity contribution in [3.8, 4) is 5.75 Å². The molecule has 0 aliphatic heterocycles. The van der Waals surface area contributed by atoms with E-state index in [1.165, 1.54) is 11.3 Å². The summed E-state index contributed by atoms with van der Waals surface area (Å²) in [7, 11) is 1.61. The molecule has 1 aromatic heterocycles. The van der Waals surface area contributed by atoms with Gasteiger partial charge < -0.3 is 10.5 Å². The molecule has 0 aliphatic carbocycles. The second kappa shape index (κ2) is 4.72. The molecule has 0 amide bonds. The lowest BCUT2D eigenvalue weighted by Crippen LogP contribution is -1.89. The standard InChI is InChI=1S/C11H11ClN2OS/c1-15-10-5-7(2-3-9(10)12)4-8-6-14-11(13)16-8/h2-3,5-6H,4H2,1H3,(H2,13,14). The van der Waals surface area contributed by atoms with Crippen molar-refractivity contribution in [1.29, 1.82) is 0 Å². The summed E-state index contributed by atoms with van der Waals surface area (Å²) in [5.74, 6) is 0.691. The molecule has 0 aliphatic rings. The molecule has 3 nitrogen and oxygen atoms in total. The molecule has 0 radical (unpaired) electrons. The van der Waals surface area contributed by atoms with Gasteiger partial charge in [0.15, 0.2) is 5.13 Å². The molecule has 2 N–H and O–H groups in total. The summed E-state index contributed by atoms with van der Waals surface area (Å²) >= 11 is 7.44. The van der Waals surface area contributed by atoms with Gasteiger partial charge in [0.25, 0.3) is 0 Å². The Morgan fingerprint density at radius 2 is 2.31 bits per heavy atom. The van der Waals surface area contributed by atoms with Crippen LogP contribution in [0.1, 0.15) is 10.4 Å². The average Bonchev–Trinajstić information content (AvgIpc) is 2.67. The van der Waals surface area contributed by atoms with E-state index in [4.69, 9.17) is 22.1 Å². The molecule has 0 spiro atoms. The van der Waals surface area contributed by atoms with Gasteiger partial charge in [-0.05, 0) is 17.7 Å². The maximum Gasteiger partial charge on any atom is 0.180 e. The minimum atomic E-state index is 0.593. The van der Waals surface area contributed by atoms with Gasteiger partial charge in [0.1, 0.15) is 5.75 Å². The van der Waals surface area contributed by atoms with E-state index in [0.29, 0.717) is 15.9 Å². The molecule has 1 aromatic carbocycles. The second-order valence-electron chi connectivity index (χ2n) is 3.31. The van der Waals surface area contributed by atoms with E-state index in [0.717, 1.165) is 16.9 Å². The number of benzene rings is 1. The van der Waals surface area contributed by atoms with Crippen LogP contribution < -0.4 is 10.5 Å². The first-order chi connectivity index (χ1) is 7.69. The van der Waals surface area contributed by atoms with Crippen LogP contribution in [0.4, 0.5) is 5.13 Å². The quantitative estimate of drug-likeness (QED) is 0.916. The van der Waals surface area contributed by atoms with Gasteiger partial charge in [-0.15, -0.1) is 11.3 Å². The Morgan fingerprint density at radius 3 is 2.94 bits per heavy atom. The Labute approximate surface area is 103 Å². The zero-order valence-corrected chi connectivity index (χ0v) is 10.3. The summed E-state index contributed by atoms with van der Waals surface area (Å²) in [4.78, 5) is 5.14. The van der Waals surface area contributed by atoms with E-state index in [1.54, 1.807) is 13.3 Å². The van der Waals surface area contributed by atoms with Crippen LogP contribution in [-0.2, 0) is 6.42 Å². The van der Waals surface area contributed by atoms with Gasteiger partial charge in [0.05, 0.1) is 12.1 Å². The highest BCUT2D eigenvalue weighted by atomic mass is 35.5. The zero-order chi connectivity index (χ0) is 11.5. The van der Waals surface area contributed by atoms with Crippen LogP contribution in [0.15, 0.2) is 24.4 Å². The minimum Gasteiger partial charge on any atom is -0.495 e. The zero-order valence-electron chi connectivity index (χ0n) is 8.74. The number of nitrogen functional groups attached to an aromatic ring is 1. The van der Waals surface area contributed by atoms with Gasteiger partial charge in [0, 0.05) is 17.5 Å². The summed E-state index contributed by atoms with van der Waals surface area (Å²) in [6.45, 7) is 0. The fourth-order valence-electron chi connectivity index (χ4n) is 1.42. The molecule has 0 fully saturated rings. The summed E-state index contributed by atoms with van der Waals surface area (Å²) in [5, 5.41) is 1.21. The molecule has 2 aromatic rings. The Balaban J connectivity index is 2.21. The van der Waals surface area contributed by atoms with E-state index in [9.17, 15) is 0 Å². The fourth-order valence-corrected chi connectivity index (χ4v) is 2.33. The van der Waals surface area contributed by atoms with Crippen LogP contribution in [0.3, 0.4) is 0 Å². The van der Waals surface area contributed by atoms with Crippen LogP contribution >= 0.6 is 22.9 Å². The average molecular weight is 255 g/mol. The maximum atomic E-state index is 5.95. The molecule has 5 heteroatoms. The van der Waals surface area contributed by atoms with E-state index in [-0.39, 0.29) is 0 Å². The Kier molecular flexibility index (Phi) is 3.31. The molecule has 2 rings (SSSR count). The third kappa shape index (κ3) is 2.46. The van der Waals surface area contributed by atoms with Crippen molar-refractivity contribution in [3.63, 3.8) is 0 Å². The molecule has 0 atom stereocenters. The van der Waals surface area contributed by atoms with Gasteiger partial charge in [-0.3, -0.25) is 0 Å². The summed E-state index contributed by atoms with van der Waals surface area (Å²) in [6, 6.07) is 5.74. The SMILES string of the molecule is COc1cc(Cc2cnc(N)s2)ccc1Cl. The first-order valence-corrected chi connectivity index (χ1v) is 5.91. The minimum absolute atomic E-state index is 0.593. The number of anilines is 1. The lowest BCUT2D eigenvalue weighted by atomic mass is 10.1.